The molecule has 0 aliphatic rings. The van der Waals surface area contributed by atoms with Crippen molar-refractivity contribution in [2.24, 2.45) is 0 Å². The average molecular weight is 411 g/mol. The number of ether oxygens (including phenoxy) is 2. The summed E-state index contributed by atoms with van der Waals surface area (Å²) in [6.07, 6.45) is 1.32. The topological polar surface area (TPSA) is 109 Å². The van der Waals surface area contributed by atoms with E-state index in [1.165, 1.54) is 18.3 Å². The summed E-state index contributed by atoms with van der Waals surface area (Å²) in [4.78, 5) is 39.5. The van der Waals surface area contributed by atoms with Gasteiger partial charge in [0.25, 0.3) is 5.69 Å². The summed E-state index contributed by atoms with van der Waals surface area (Å²) in [6.45, 7) is 3.39. The molecule has 0 spiro atoms. The molecule has 0 N–H and O–H groups in total. The molecule has 132 valence electrons. The van der Waals surface area contributed by atoms with Gasteiger partial charge < -0.3 is 9.47 Å². The Hall–Kier alpha value is -2.55. The largest absolute Gasteiger partial charge is 0.465 e. The highest BCUT2D eigenvalue weighted by Crippen LogP contribution is 2.36. The summed E-state index contributed by atoms with van der Waals surface area (Å²) in [5.41, 5.74) is 0.0765. The second kappa shape index (κ2) is 8.02. The first kappa shape index (κ1) is 18.8. The van der Waals surface area contributed by atoms with Crippen molar-refractivity contribution in [2.75, 3.05) is 13.2 Å². The van der Waals surface area contributed by atoms with E-state index in [1.807, 2.05) is 0 Å². The molecule has 0 saturated heterocycles. The van der Waals surface area contributed by atoms with Gasteiger partial charge in [0, 0.05) is 27.7 Å². The number of rotatable bonds is 6. The Morgan fingerprint density at radius 3 is 2.36 bits per heavy atom. The molecule has 2 rings (SSSR count). The maximum atomic E-state index is 12.4. The summed E-state index contributed by atoms with van der Waals surface area (Å²) < 4.78 is 10.3. The van der Waals surface area contributed by atoms with Crippen molar-refractivity contribution in [3.8, 4) is 0 Å². The Bertz CT molecular complexity index is 821. The van der Waals surface area contributed by atoms with E-state index < -0.39 is 22.8 Å². The SMILES string of the molecule is CCOC(=O)C(C(=O)OCC)c1c(Br)cnc2c([N+](=O)[O-])cccc12. The van der Waals surface area contributed by atoms with Gasteiger partial charge in [-0.1, -0.05) is 12.1 Å². The third-order valence-electron chi connectivity index (χ3n) is 3.40. The lowest BCUT2D eigenvalue weighted by Gasteiger charge is -2.17. The van der Waals surface area contributed by atoms with Crippen LogP contribution >= 0.6 is 15.9 Å². The highest BCUT2D eigenvalue weighted by Gasteiger charge is 2.35. The van der Waals surface area contributed by atoms with Gasteiger partial charge in [-0.15, -0.1) is 0 Å². The number of fused-ring (bicyclic) bond motifs is 1. The zero-order valence-electron chi connectivity index (χ0n) is 13.5. The van der Waals surface area contributed by atoms with Crippen LogP contribution in [0, 0.1) is 10.1 Å². The molecule has 0 fully saturated rings. The predicted octanol–water partition coefficient (Wildman–Crippen LogP) is 3.12. The van der Waals surface area contributed by atoms with Gasteiger partial charge in [-0.25, -0.2) is 4.98 Å². The van der Waals surface area contributed by atoms with E-state index in [4.69, 9.17) is 9.47 Å². The number of non-ortho nitro benzene ring substituents is 1. The summed E-state index contributed by atoms with van der Waals surface area (Å²) >= 11 is 3.27. The zero-order chi connectivity index (χ0) is 18.6. The molecule has 0 saturated carbocycles. The summed E-state index contributed by atoms with van der Waals surface area (Å²) in [6, 6.07) is 4.32. The number of nitro groups is 1. The van der Waals surface area contributed by atoms with E-state index in [0.29, 0.717) is 9.86 Å². The number of carbonyl (C=O) groups excluding carboxylic acids is 2. The lowest BCUT2D eigenvalue weighted by molar-refractivity contribution is -0.383. The number of halogens is 1. The Balaban J connectivity index is 2.75. The Labute approximate surface area is 151 Å². The highest BCUT2D eigenvalue weighted by molar-refractivity contribution is 9.10. The Kier molecular flexibility index (Phi) is 6.02. The monoisotopic (exact) mass is 410 g/mol. The fourth-order valence-corrected chi connectivity index (χ4v) is 2.97. The molecule has 2 aromatic rings. The predicted molar refractivity (Wildman–Crippen MR) is 92.1 cm³/mol. The number of benzene rings is 1. The van der Waals surface area contributed by atoms with E-state index in [2.05, 4.69) is 20.9 Å². The van der Waals surface area contributed by atoms with Crippen LogP contribution < -0.4 is 0 Å². The number of nitrogens with zero attached hydrogens (tertiary/aromatic N) is 2. The molecule has 25 heavy (non-hydrogen) atoms. The van der Waals surface area contributed by atoms with E-state index >= 15 is 0 Å². The summed E-state index contributed by atoms with van der Waals surface area (Å²) in [5.74, 6) is -2.96. The summed E-state index contributed by atoms with van der Waals surface area (Å²) in [7, 11) is 0. The van der Waals surface area contributed by atoms with E-state index in [9.17, 15) is 19.7 Å². The number of pyridine rings is 1. The average Bonchev–Trinajstić information content (AvgIpc) is 2.57. The normalized spacial score (nSPS) is 10.7. The van der Waals surface area contributed by atoms with Crippen LogP contribution in [0.3, 0.4) is 0 Å². The van der Waals surface area contributed by atoms with Gasteiger partial charge >= 0.3 is 11.9 Å². The fraction of sp³-hybridized carbons (Fsp3) is 0.312. The van der Waals surface area contributed by atoms with Crippen molar-refractivity contribution in [1.29, 1.82) is 0 Å². The van der Waals surface area contributed by atoms with Crippen LogP contribution in [0.4, 0.5) is 5.69 Å². The first-order valence-corrected chi connectivity index (χ1v) is 8.26. The lowest BCUT2D eigenvalue weighted by atomic mass is 9.95. The second-order valence-electron chi connectivity index (χ2n) is 4.89. The minimum absolute atomic E-state index is 0.0734. The number of esters is 2. The molecule has 0 aliphatic carbocycles. The molecule has 1 aromatic heterocycles. The third kappa shape index (κ3) is 3.76. The van der Waals surface area contributed by atoms with Crippen LogP contribution in [0.5, 0.6) is 0 Å². The number of carbonyl (C=O) groups is 2. The summed E-state index contributed by atoms with van der Waals surface area (Å²) in [5, 5.41) is 11.5. The molecule has 0 radical (unpaired) electrons. The van der Waals surface area contributed by atoms with Crippen molar-refractivity contribution in [2.45, 2.75) is 19.8 Å². The molecular formula is C16H15BrN2O6. The zero-order valence-corrected chi connectivity index (χ0v) is 15.1. The van der Waals surface area contributed by atoms with Crippen molar-refractivity contribution < 1.29 is 24.0 Å². The van der Waals surface area contributed by atoms with Crippen LogP contribution in [-0.4, -0.2) is 35.1 Å². The van der Waals surface area contributed by atoms with Gasteiger partial charge in [0.2, 0.25) is 0 Å². The second-order valence-corrected chi connectivity index (χ2v) is 5.74. The molecular weight excluding hydrogens is 396 g/mol. The van der Waals surface area contributed by atoms with Gasteiger partial charge in [-0.2, -0.15) is 0 Å². The first-order chi connectivity index (χ1) is 11.9. The molecule has 0 bridgehead atoms. The van der Waals surface area contributed by atoms with E-state index in [-0.39, 0.29) is 30.0 Å². The standard InChI is InChI=1S/C16H15BrN2O6/c1-3-24-15(20)13(16(21)25-4-2)12-9-6-5-7-11(19(22)23)14(9)18-8-10(12)17/h5-8,13H,3-4H2,1-2H3. The molecule has 0 unspecified atom stereocenters. The number of para-hydroxylation sites is 1. The number of nitro benzene ring substituents is 1. The van der Waals surface area contributed by atoms with Crippen molar-refractivity contribution in [1.82, 2.24) is 4.98 Å². The van der Waals surface area contributed by atoms with Gasteiger partial charge in [0.1, 0.15) is 5.52 Å². The number of hydrogen-bond donors (Lipinski definition) is 0. The van der Waals surface area contributed by atoms with Gasteiger partial charge in [0.15, 0.2) is 5.92 Å². The lowest BCUT2D eigenvalue weighted by Crippen LogP contribution is -2.27. The van der Waals surface area contributed by atoms with Crippen LogP contribution in [0.1, 0.15) is 25.3 Å². The Morgan fingerprint density at radius 1 is 1.24 bits per heavy atom. The minimum Gasteiger partial charge on any atom is -0.465 e. The molecule has 9 heteroatoms. The number of aromatic nitrogens is 1. The van der Waals surface area contributed by atoms with E-state index in [1.54, 1.807) is 19.9 Å². The number of hydrogen-bond acceptors (Lipinski definition) is 7. The van der Waals surface area contributed by atoms with Crippen LogP contribution in [0.2, 0.25) is 0 Å². The third-order valence-corrected chi connectivity index (χ3v) is 4.03. The molecule has 0 aliphatic heterocycles. The van der Waals surface area contributed by atoms with Crippen LogP contribution in [0.25, 0.3) is 10.9 Å². The fourth-order valence-electron chi connectivity index (χ4n) is 2.43. The molecule has 0 amide bonds. The highest BCUT2D eigenvalue weighted by atomic mass is 79.9. The van der Waals surface area contributed by atoms with Crippen LogP contribution in [0.15, 0.2) is 28.9 Å². The van der Waals surface area contributed by atoms with Crippen molar-refractivity contribution in [3.63, 3.8) is 0 Å². The van der Waals surface area contributed by atoms with Gasteiger partial charge in [-0.3, -0.25) is 19.7 Å². The first-order valence-electron chi connectivity index (χ1n) is 7.47. The van der Waals surface area contributed by atoms with Gasteiger partial charge in [-0.05, 0) is 29.8 Å². The minimum atomic E-state index is -1.37. The molecule has 0 atom stereocenters. The van der Waals surface area contributed by atoms with E-state index in [0.717, 1.165) is 0 Å². The van der Waals surface area contributed by atoms with Crippen molar-refractivity contribution >= 4 is 44.5 Å². The maximum Gasteiger partial charge on any atom is 0.324 e. The molecule has 1 heterocycles. The van der Waals surface area contributed by atoms with Crippen molar-refractivity contribution in [3.05, 3.63) is 44.5 Å². The quantitative estimate of drug-likeness (QED) is 0.311. The van der Waals surface area contributed by atoms with Crippen LogP contribution in [-0.2, 0) is 19.1 Å². The van der Waals surface area contributed by atoms with Gasteiger partial charge in [0.05, 0.1) is 18.1 Å². The smallest absolute Gasteiger partial charge is 0.324 e. The maximum absolute atomic E-state index is 12.4. The molecule has 1 aromatic carbocycles. The Morgan fingerprint density at radius 2 is 1.84 bits per heavy atom. The molecule has 8 nitrogen and oxygen atoms in total.